The maximum Gasteiger partial charge on any atom is 0.329 e. The zero-order chi connectivity index (χ0) is 10.7. The van der Waals surface area contributed by atoms with Crippen LogP contribution in [-0.2, 0) is 9.53 Å². The largest absolute Gasteiger partial charge is 0.461 e. The van der Waals surface area contributed by atoms with Crippen molar-refractivity contribution in [2.75, 3.05) is 6.54 Å². The van der Waals surface area contributed by atoms with Gasteiger partial charge in [-0.2, -0.15) is 0 Å². The third-order valence-corrected chi connectivity index (χ3v) is 2.61. The van der Waals surface area contributed by atoms with E-state index in [0.717, 1.165) is 19.4 Å². The number of hydrogen-bond donors (Lipinski definition) is 1. The summed E-state index contributed by atoms with van der Waals surface area (Å²) in [5, 5.41) is 0. The van der Waals surface area contributed by atoms with Gasteiger partial charge in [0, 0.05) is 6.54 Å². The van der Waals surface area contributed by atoms with Gasteiger partial charge in [0.2, 0.25) is 0 Å². The zero-order valence-corrected chi connectivity index (χ0v) is 10.1. The molecule has 0 spiro atoms. The Bertz CT molecular complexity index is 243. The molecule has 1 fully saturated rings. The van der Waals surface area contributed by atoms with Crippen LogP contribution in [0.5, 0.6) is 0 Å². The molecule has 5 heteroatoms. The van der Waals surface area contributed by atoms with Crippen LogP contribution in [0.3, 0.4) is 0 Å². The number of hydrogen-bond acceptors (Lipinski definition) is 3. The molecule has 3 nitrogen and oxygen atoms in total. The quantitative estimate of drug-likeness (QED) is 0.446. The van der Waals surface area contributed by atoms with Crippen molar-refractivity contribution in [3.8, 4) is 0 Å². The van der Waals surface area contributed by atoms with E-state index in [0.29, 0.717) is 4.32 Å². The van der Waals surface area contributed by atoms with Crippen LogP contribution in [0.4, 0.5) is 0 Å². The molecule has 1 rings (SSSR count). The summed E-state index contributed by atoms with van der Waals surface area (Å²) < 4.78 is 5.62. The van der Waals surface area contributed by atoms with E-state index in [-0.39, 0.29) is 18.1 Å². The summed E-state index contributed by atoms with van der Waals surface area (Å²) in [6.07, 6.45) is 1.71. The number of rotatable bonds is 2. The second kappa shape index (κ2) is 4.98. The van der Waals surface area contributed by atoms with Crippen molar-refractivity contribution in [3.63, 3.8) is 0 Å². The number of carbonyl (C=O) groups excluding carboxylic acids is 1. The summed E-state index contributed by atoms with van der Waals surface area (Å²) in [6, 6.07) is -0.220. The number of nitrogens with zero attached hydrogens (tertiary/aromatic N) is 1. The minimum atomic E-state index is -0.220. The highest BCUT2D eigenvalue weighted by atomic mass is 32.1. The van der Waals surface area contributed by atoms with E-state index in [9.17, 15) is 4.79 Å². The molecule has 0 N–H and O–H groups in total. The third kappa shape index (κ3) is 2.85. The van der Waals surface area contributed by atoms with Gasteiger partial charge in [-0.1, -0.05) is 12.2 Å². The van der Waals surface area contributed by atoms with Crippen molar-refractivity contribution in [2.24, 2.45) is 0 Å². The van der Waals surface area contributed by atoms with E-state index < -0.39 is 0 Å². The molecular weight excluding hydrogens is 218 g/mol. The zero-order valence-electron chi connectivity index (χ0n) is 8.40. The molecule has 0 aromatic carbocycles. The van der Waals surface area contributed by atoms with Crippen molar-refractivity contribution in [2.45, 2.75) is 38.8 Å². The molecule has 14 heavy (non-hydrogen) atoms. The first kappa shape index (κ1) is 11.8. The van der Waals surface area contributed by atoms with Gasteiger partial charge in [-0.15, -0.1) is 12.6 Å². The van der Waals surface area contributed by atoms with Gasteiger partial charge in [-0.3, -0.25) is 0 Å². The SMILES string of the molecule is CC(C)OC(=O)C1CCCN1C(=S)S. The summed E-state index contributed by atoms with van der Waals surface area (Å²) in [7, 11) is 0. The Morgan fingerprint density at radius 2 is 2.29 bits per heavy atom. The molecule has 0 radical (unpaired) electrons. The van der Waals surface area contributed by atoms with Crippen LogP contribution in [-0.4, -0.2) is 33.9 Å². The summed E-state index contributed by atoms with van der Waals surface area (Å²) in [5.41, 5.74) is 0. The predicted octanol–water partition coefficient (Wildman–Crippen LogP) is 1.62. The Morgan fingerprint density at radius 3 is 2.79 bits per heavy atom. The van der Waals surface area contributed by atoms with Gasteiger partial charge in [0.1, 0.15) is 10.4 Å². The van der Waals surface area contributed by atoms with Crippen molar-refractivity contribution in [1.82, 2.24) is 4.90 Å². The normalized spacial score (nSPS) is 21.4. The van der Waals surface area contributed by atoms with Crippen molar-refractivity contribution in [1.29, 1.82) is 0 Å². The lowest BCUT2D eigenvalue weighted by Gasteiger charge is -2.23. The molecule has 0 aliphatic carbocycles. The van der Waals surface area contributed by atoms with Crippen molar-refractivity contribution in [3.05, 3.63) is 0 Å². The minimum absolute atomic E-state index is 0.0709. The lowest BCUT2D eigenvalue weighted by Crippen LogP contribution is -2.39. The lowest BCUT2D eigenvalue weighted by atomic mass is 10.2. The monoisotopic (exact) mass is 233 g/mol. The first-order valence-corrected chi connectivity index (χ1v) is 5.58. The van der Waals surface area contributed by atoms with Gasteiger partial charge >= 0.3 is 5.97 Å². The van der Waals surface area contributed by atoms with E-state index in [1.54, 1.807) is 0 Å². The first-order chi connectivity index (χ1) is 6.52. The molecule has 0 saturated carbocycles. The van der Waals surface area contributed by atoms with Crippen LogP contribution >= 0.6 is 24.8 Å². The van der Waals surface area contributed by atoms with E-state index in [4.69, 9.17) is 17.0 Å². The van der Waals surface area contributed by atoms with Crippen molar-refractivity contribution >= 4 is 35.1 Å². The smallest absolute Gasteiger partial charge is 0.329 e. The fraction of sp³-hybridized carbons (Fsp3) is 0.778. The maximum atomic E-state index is 11.6. The molecule has 1 unspecified atom stereocenters. The van der Waals surface area contributed by atoms with Gasteiger partial charge in [0.25, 0.3) is 0 Å². The molecule has 0 bridgehead atoms. The fourth-order valence-corrected chi connectivity index (χ4v) is 2.01. The topological polar surface area (TPSA) is 29.5 Å². The average Bonchev–Trinajstić information content (AvgIpc) is 2.49. The molecule has 0 aromatic heterocycles. The third-order valence-electron chi connectivity index (χ3n) is 2.12. The molecule has 1 heterocycles. The highest BCUT2D eigenvalue weighted by molar-refractivity contribution is 8.10. The van der Waals surface area contributed by atoms with Crippen LogP contribution in [0.2, 0.25) is 0 Å². The molecule has 0 aromatic rings. The molecule has 80 valence electrons. The van der Waals surface area contributed by atoms with Gasteiger partial charge in [0.05, 0.1) is 6.10 Å². The minimum Gasteiger partial charge on any atom is -0.461 e. The standard InChI is InChI=1S/C9H15NO2S2/c1-6(2)12-8(11)7-4-3-5-10(7)9(13)14/h6-7H,3-5H2,1-2H3,(H,13,14). The number of ether oxygens (including phenoxy) is 1. The van der Waals surface area contributed by atoms with Gasteiger partial charge in [-0.05, 0) is 26.7 Å². The van der Waals surface area contributed by atoms with E-state index in [2.05, 4.69) is 12.6 Å². The average molecular weight is 233 g/mol. The van der Waals surface area contributed by atoms with Crippen LogP contribution in [0, 0.1) is 0 Å². The van der Waals surface area contributed by atoms with Crippen LogP contribution in [0.15, 0.2) is 0 Å². The highest BCUT2D eigenvalue weighted by Gasteiger charge is 2.32. The molecule has 1 atom stereocenters. The highest BCUT2D eigenvalue weighted by Crippen LogP contribution is 2.20. The molecule has 1 aliphatic heterocycles. The van der Waals surface area contributed by atoms with Crippen LogP contribution < -0.4 is 0 Å². The number of thiocarbonyl (C=S) groups is 1. The predicted molar refractivity (Wildman–Crippen MR) is 62.5 cm³/mol. The summed E-state index contributed by atoms with van der Waals surface area (Å²) in [5.74, 6) is -0.186. The van der Waals surface area contributed by atoms with Crippen LogP contribution in [0.25, 0.3) is 0 Å². The number of carbonyl (C=O) groups is 1. The second-order valence-electron chi connectivity index (χ2n) is 3.62. The van der Waals surface area contributed by atoms with Gasteiger partial charge in [-0.25, -0.2) is 4.79 Å². The number of esters is 1. The first-order valence-electron chi connectivity index (χ1n) is 4.72. The Hall–Kier alpha value is -0.290. The molecule has 1 aliphatic rings. The summed E-state index contributed by atoms with van der Waals surface area (Å²) in [6.45, 7) is 4.49. The van der Waals surface area contributed by atoms with E-state index in [1.807, 2.05) is 18.7 Å². The maximum absolute atomic E-state index is 11.6. The van der Waals surface area contributed by atoms with Crippen molar-refractivity contribution < 1.29 is 9.53 Å². The van der Waals surface area contributed by atoms with Crippen LogP contribution in [0.1, 0.15) is 26.7 Å². The van der Waals surface area contributed by atoms with E-state index >= 15 is 0 Å². The number of likely N-dealkylation sites (tertiary alicyclic amines) is 1. The second-order valence-corrected chi connectivity index (χ2v) is 4.73. The van der Waals surface area contributed by atoms with Gasteiger partial charge < -0.3 is 9.64 Å². The van der Waals surface area contributed by atoms with Gasteiger partial charge in [0.15, 0.2) is 0 Å². The fourth-order valence-electron chi connectivity index (χ4n) is 1.55. The Kier molecular flexibility index (Phi) is 4.19. The molecule has 0 amide bonds. The molecular formula is C9H15NO2S2. The lowest BCUT2D eigenvalue weighted by molar-refractivity contribution is -0.151. The van der Waals surface area contributed by atoms with E-state index in [1.165, 1.54) is 0 Å². The molecule has 1 saturated heterocycles. The number of thiol groups is 1. The summed E-state index contributed by atoms with van der Waals surface area (Å²) >= 11 is 9.03. The Balaban J connectivity index is 2.58. The summed E-state index contributed by atoms with van der Waals surface area (Å²) in [4.78, 5) is 13.4. The Labute approximate surface area is 95.2 Å². The Morgan fingerprint density at radius 1 is 1.64 bits per heavy atom.